The summed E-state index contributed by atoms with van der Waals surface area (Å²) in [4.78, 5) is 28.8. The monoisotopic (exact) mass is 401 g/mol. The molecule has 2 amide bonds. The minimum atomic E-state index is -3.35. The maximum absolute atomic E-state index is 12.7. The number of carbonyl (C=O) groups excluding carboxylic acids is 2. The van der Waals surface area contributed by atoms with Crippen LogP contribution < -0.4 is 4.72 Å². The lowest BCUT2D eigenvalue weighted by Crippen LogP contribution is -2.50. The highest BCUT2D eigenvalue weighted by atomic mass is 32.2. The Morgan fingerprint density at radius 1 is 0.857 bits per heavy atom. The molecular weight excluding hydrogens is 378 g/mol. The lowest BCUT2D eigenvalue weighted by molar-refractivity contribution is 0.0535. The lowest BCUT2D eigenvalue weighted by atomic mass is 10.1. The van der Waals surface area contributed by atoms with Crippen LogP contribution in [-0.2, 0) is 10.0 Å². The number of rotatable bonds is 4. The SMILES string of the molecule is Cc1cccc(C(=O)N2CCN(C(=O)c3ccc(NS(C)(=O)=O)cc3)CC2)c1. The summed E-state index contributed by atoms with van der Waals surface area (Å²) in [5.41, 5.74) is 2.59. The summed E-state index contributed by atoms with van der Waals surface area (Å²) in [6, 6.07) is 13.8. The van der Waals surface area contributed by atoms with E-state index in [1.165, 1.54) is 0 Å². The number of hydrogen-bond acceptors (Lipinski definition) is 4. The topological polar surface area (TPSA) is 86.8 Å². The van der Waals surface area contributed by atoms with Crippen molar-refractivity contribution >= 4 is 27.5 Å². The minimum absolute atomic E-state index is 0.0213. The first kappa shape index (κ1) is 19.9. The maximum Gasteiger partial charge on any atom is 0.253 e. The van der Waals surface area contributed by atoms with E-state index in [1.54, 1.807) is 40.1 Å². The molecule has 7 nitrogen and oxygen atoms in total. The fourth-order valence-corrected chi connectivity index (χ4v) is 3.72. The molecule has 0 atom stereocenters. The van der Waals surface area contributed by atoms with Crippen molar-refractivity contribution in [3.63, 3.8) is 0 Å². The van der Waals surface area contributed by atoms with Gasteiger partial charge in [-0.1, -0.05) is 17.7 Å². The molecule has 3 rings (SSSR count). The molecule has 0 spiro atoms. The van der Waals surface area contributed by atoms with E-state index in [0.717, 1.165) is 11.8 Å². The van der Waals surface area contributed by atoms with E-state index < -0.39 is 10.0 Å². The van der Waals surface area contributed by atoms with E-state index >= 15 is 0 Å². The second-order valence-corrected chi connectivity index (χ2v) is 8.65. The van der Waals surface area contributed by atoms with Crippen LogP contribution in [0.15, 0.2) is 48.5 Å². The number of aryl methyl sites for hydroxylation is 1. The molecule has 2 aromatic rings. The predicted octanol–water partition coefficient (Wildman–Crippen LogP) is 1.96. The summed E-state index contributed by atoms with van der Waals surface area (Å²) in [6.07, 6.45) is 1.07. The van der Waals surface area contributed by atoms with Gasteiger partial charge in [0.05, 0.1) is 6.26 Å². The highest BCUT2D eigenvalue weighted by molar-refractivity contribution is 7.92. The molecule has 1 heterocycles. The van der Waals surface area contributed by atoms with Crippen molar-refractivity contribution in [2.75, 3.05) is 37.2 Å². The summed E-state index contributed by atoms with van der Waals surface area (Å²) >= 11 is 0. The normalized spacial score (nSPS) is 14.6. The summed E-state index contributed by atoms with van der Waals surface area (Å²) in [7, 11) is -3.35. The summed E-state index contributed by atoms with van der Waals surface area (Å²) in [6.45, 7) is 3.82. The molecule has 1 fully saturated rings. The molecule has 8 heteroatoms. The van der Waals surface area contributed by atoms with Gasteiger partial charge in [0, 0.05) is 43.0 Å². The molecule has 0 unspecified atom stereocenters. The van der Waals surface area contributed by atoms with Crippen molar-refractivity contribution in [3.8, 4) is 0 Å². The standard InChI is InChI=1S/C20H23N3O4S/c1-15-4-3-5-17(14-15)20(25)23-12-10-22(11-13-23)19(24)16-6-8-18(9-7-16)21-28(2,26)27/h3-9,14,21H,10-13H2,1-2H3. The molecule has 1 aliphatic heterocycles. The van der Waals surface area contributed by atoms with Crippen LogP contribution in [0.5, 0.6) is 0 Å². The lowest BCUT2D eigenvalue weighted by Gasteiger charge is -2.35. The van der Waals surface area contributed by atoms with Gasteiger partial charge in [0.1, 0.15) is 0 Å². The van der Waals surface area contributed by atoms with Crippen LogP contribution in [0, 0.1) is 6.92 Å². The van der Waals surface area contributed by atoms with Gasteiger partial charge >= 0.3 is 0 Å². The average Bonchev–Trinajstić information content (AvgIpc) is 2.66. The van der Waals surface area contributed by atoms with E-state index in [4.69, 9.17) is 0 Å². The third-order valence-electron chi connectivity index (χ3n) is 4.55. The third-order valence-corrected chi connectivity index (χ3v) is 5.16. The first-order valence-corrected chi connectivity index (χ1v) is 10.9. The van der Waals surface area contributed by atoms with Crippen LogP contribution in [0.1, 0.15) is 26.3 Å². The number of hydrogen-bond donors (Lipinski definition) is 1. The van der Waals surface area contributed by atoms with Crippen molar-refractivity contribution in [1.82, 2.24) is 9.80 Å². The first-order chi connectivity index (χ1) is 13.2. The van der Waals surface area contributed by atoms with Gasteiger partial charge in [-0.05, 0) is 43.3 Å². The Morgan fingerprint density at radius 2 is 1.39 bits per heavy atom. The molecule has 28 heavy (non-hydrogen) atoms. The van der Waals surface area contributed by atoms with E-state index in [-0.39, 0.29) is 11.8 Å². The van der Waals surface area contributed by atoms with Crippen molar-refractivity contribution in [2.24, 2.45) is 0 Å². The molecular formula is C20H23N3O4S. The smallest absolute Gasteiger partial charge is 0.253 e. The van der Waals surface area contributed by atoms with E-state index in [0.29, 0.717) is 43.0 Å². The Bertz CT molecular complexity index is 979. The molecule has 0 saturated carbocycles. The van der Waals surface area contributed by atoms with Crippen molar-refractivity contribution in [1.29, 1.82) is 0 Å². The fraction of sp³-hybridized carbons (Fsp3) is 0.300. The van der Waals surface area contributed by atoms with Gasteiger partial charge in [0.2, 0.25) is 10.0 Å². The second-order valence-electron chi connectivity index (χ2n) is 6.91. The highest BCUT2D eigenvalue weighted by Gasteiger charge is 2.25. The molecule has 2 aromatic carbocycles. The Hall–Kier alpha value is -2.87. The number of carbonyl (C=O) groups is 2. The largest absolute Gasteiger partial charge is 0.335 e. The van der Waals surface area contributed by atoms with Gasteiger partial charge in [-0.25, -0.2) is 8.42 Å². The summed E-state index contributed by atoms with van der Waals surface area (Å²) in [5, 5.41) is 0. The third kappa shape index (κ3) is 4.89. The molecule has 1 aliphatic rings. The molecule has 0 radical (unpaired) electrons. The zero-order valence-corrected chi connectivity index (χ0v) is 16.7. The molecule has 0 bridgehead atoms. The second kappa shape index (κ2) is 8.02. The first-order valence-electron chi connectivity index (χ1n) is 8.96. The van der Waals surface area contributed by atoms with Crippen LogP contribution in [0.2, 0.25) is 0 Å². The quantitative estimate of drug-likeness (QED) is 0.849. The van der Waals surface area contributed by atoms with Gasteiger partial charge in [-0.2, -0.15) is 0 Å². The van der Waals surface area contributed by atoms with E-state index in [2.05, 4.69) is 4.72 Å². The number of anilines is 1. The average molecular weight is 401 g/mol. The predicted molar refractivity (Wildman–Crippen MR) is 108 cm³/mol. The summed E-state index contributed by atoms with van der Waals surface area (Å²) < 4.78 is 24.9. The number of amides is 2. The number of sulfonamides is 1. The molecule has 1 N–H and O–H groups in total. The van der Waals surface area contributed by atoms with Crippen LogP contribution in [-0.4, -0.2) is 62.5 Å². The van der Waals surface area contributed by atoms with Crippen molar-refractivity contribution < 1.29 is 18.0 Å². The van der Waals surface area contributed by atoms with Crippen LogP contribution in [0.4, 0.5) is 5.69 Å². The Labute approximate surface area is 165 Å². The Balaban J connectivity index is 1.60. The number of nitrogens with zero attached hydrogens (tertiary/aromatic N) is 2. The van der Waals surface area contributed by atoms with Crippen molar-refractivity contribution in [3.05, 3.63) is 65.2 Å². The van der Waals surface area contributed by atoms with E-state index in [9.17, 15) is 18.0 Å². The van der Waals surface area contributed by atoms with Gasteiger partial charge in [-0.15, -0.1) is 0 Å². The minimum Gasteiger partial charge on any atom is -0.335 e. The Morgan fingerprint density at radius 3 is 1.89 bits per heavy atom. The van der Waals surface area contributed by atoms with Crippen LogP contribution in [0.25, 0.3) is 0 Å². The van der Waals surface area contributed by atoms with Gasteiger partial charge < -0.3 is 9.80 Å². The van der Waals surface area contributed by atoms with Crippen LogP contribution >= 0.6 is 0 Å². The van der Waals surface area contributed by atoms with Gasteiger partial charge in [0.25, 0.3) is 11.8 Å². The fourth-order valence-electron chi connectivity index (χ4n) is 3.15. The maximum atomic E-state index is 12.7. The van der Waals surface area contributed by atoms with Crippen molar-refractivity contribution in [2.45, 2.75) is 6.92 Å². The molecule has 0 aromatic heterocycles. The van der Waals surface area contributed by atoms with Gasteiger partial charge in [0.15, 0.2) is 0 Å². The zero-order valence-electron chi connectivity index (χ0n) is 15.9. The summed E-state index contributed by atoms with van der Waals surface area (Å²) in [5.74, 6) is -0.152. The Kier molecular flexibility index (Phi) is 5.69. The number of benzene rings is 2. The molecule has 148 valence electrons. The van der Waals surface area contributed by atoms with Crippen LogP contribution in [0.3, 0.4) is 0 Å². The van der Waals surface area contributed by atoms with Gasteiger partial charge in [-0.3, -0.25) is 14.3 Å². The zero-order chi connectivity index (χ0) is 20.3. The number of nitrogens with one attached hydrogen (secondary N) is 1. The number of piperazine rings is 1. The van der Waals surface area contributed by atoms with E-state index in [1.807, 2.05) is 25.1 Å². The molecule has 0 aliphatic carbocycles. The molecule has 1 saturated heterocycles. The highest BCUT2D eigenvalue weighted by Crippen LogP contribution is 2.15.